The van der Waals surface area contributed by atoms with Crippen molar-refractivity contribution in [3.8, 4) is 10.4 Å². The van der Waals surface area contributed by atoms with Crippen LogP contribution in [0.4, 0.5) is 10.1 Å². The molecule has 0 atom stereocenters. The van der Waals surface area contributed by atoms with Crippen LogP contribution in [0.25, 0.3) is 10.4 Å². The molecule has 1 amide bonds. The van der Waals surface area contributed by atoms with Crippen molar-refractivity contribution in [1.29, 1.82) is 0 Å². The van der Waals surface area contributed by atoms with Crippen LogP contribution in [0.1, 0.15) is 10.4 Å². The number of halogens is 1. The molecule has 2 aromatic carbocycles. The van der Waals surface area contributed by atoms with Gasteiger partial charge in [0.15, 0.2) is 0 Å². The molecule has 0 fully saturated rings. The van der Waals surface area contributed by atoms with Crippen molar-refractivity contribution in [1.82, 2.24) is 0 Å². The molecule has 0 aliphatic carbocycles. The summed E-state index contributed by atoms with van der Waals surface area (Å²) >= 11 is 1.63. The van der Waals surface area contributed by atoms with E-state index in [-0.39, 0.29) is 11.7 Å². The summed E-state index contributed by atoms with van der Waals surface area (Å²) in [6.07, 6.45) is 0. The van der Waals surface area contributed by atoms with Crippen LogP contribution < -0.4 is 5.32 Å². The van der Waals surface area contributed by atoms with E-state index < -0.39 is 0 Å². The Balaban J connectivity index is 1.81. The first-order chi connectivity index (χ1) is 10.2. The van der Waals surface area contributed by atoms with E-state index in [1.54, 1.807) is 17.4 Å². The van der Waals surface area contributed by atoms with E-state index in [2.05, 4.69) is 5.32 Å². The van der Waals surface area contributed by atoms with Gasteiger partial charge in [0, 0.05) is 16.1 Å². The first kappa shape index (κ1) is 13.5. The Kier molecular flexibility index (Phi) is 3.79. The van der Waals surface area contributed by atoms with Crippen LogP contribution in [0.15, 0.2) is 66.0 Å². The topological polar surface area (TPSA) is 29.1 Å². The number of rotatable bonds is 3. The lowest BCUT2D eigenvalue weighted by molar-refractivity contribution is 0.102. The van der Waals surface area contributed by atoms with E-state index in [1.807, 2.05) is 35.7 Å². The summed E-state index contributed by atoms with van der Waals surface area (Å²) in [5, 5.41) is 4.76. The first-order valence-corrected chi connectivity index (χ1v) is 7.31. The van der Waals surface area contributed by atoms with Crippen LogP contribution in [0, 0.1) is 5.82 Å². The van der Waals surface area contributed by atoms with Gasteiger partial charge in [-0.1, -0.05) is 18.2 Å². The molecule has 0 saturated carbocycles. The summed E-state index contributed by atoms with van der Waals surface area (Å²) in [7, 11) is 0. The highest BCUT2D eigenvalue weighted by Gasteiger charge is 2.08. The van der Waals surface area contributed by atoms with Gasteiger partial charge in [-0.2, -0.15) is 0 Å². The minimum absolute atomic E-state index is 0.208. The van der Waals surface area contributed by atoms with Gasteiger partial charge in [-0.05, 0) is 53.4 Å². The van der Waals surface area contributed by atoms with Gasteiger partial charge in [0.2, 0.25) is 0 Å². The molecule has 0 bridgehead atoms. The number of amides is 1. The molecule has 2 nitrogen and oxygen atoms in total. The molecule has 3 aromatic rings. The van der Waals surface area contributed by atoms with E-state index in [0.29, 0.717) is 11.3 Å². The van der Waals surface area contributed by atoms with Gasteiger partial charge in [0.25, 0.3) is 5.91 Å². The summed E-state index contributed by atoms with van der Waals surface area (Å²) in [4.78, 5) is 13.3. The molecule has 0 aliphatic rings. The zero-order chi connectivity index (χ0) is 14.7. The van der Waals surface area contributed by atoms with Crippen molar-refractivity contribution in [2.24, 2.45) is 0 Å². The maximum Gasteiger partial charge on any atom is 0.255 e. The van der Waals surface area contributed by atoms with Crippen LogP contribution in [-0.2, 0) is 0 Å². The van der Waals surface area contributed by atoms with Gasteiger partial charge < -0.3 is 5.32 Å². The normalized spacial score (nSPS) is 10.3. The molecule has 0 unspecified atom stereocenters. The molecule has 0 saturated heterocycles. The molecule has 104 valence electrons. The lowest BCUT2D eigenvalue weighted by atomic mass is 10.1. The van der Waals surface area contributed by atoms with Crippen molar-refractivity contribution in [3.05, 3.63) is 77.4 Å². The zero-order valence-electron chi connectivity index (χ0n) is 11.0. The maximum absolute atomic E-state index is 12.8. The van der Waals surface area contributed by atoms with Crippen LogP contribution in [-0.4, -0.2) is 5.91 Å². The third-order valence-corrected chi connectivity index (χ3v) is 3.95. The van der Waals surface area contributed by atoms with E-state index in [9.17, 15) is 9.18 Å². The van der Waals surface area contributed by atoms with E-state index in [4.69, 9.17) is 0 Å². The lowest BCUT2D eigenvalue weighted by Crippen LogP contribution is -2.11. The van der Waals surface area contributed by atoms with Crippen molar-refractivity contribution in [2.75, 3.05) is 5.32 Å². The zero-order valence-corrected chi connectivity index (χ0v) is 11.9. The Labute approximate surface area is 125 Å². The molecular formula is C17H12FNOS. The molecule has 4 heteroatoms. The third kappa shape index (κ3) is 3.17. The van der Waals surface area contributed by atoms with E-state index >= 15 is 0 Å². The van der Waals surface area contributed by atoms with Gasteiger partial charge >= 0.3 is 0 Å². The van der Waals surface area contributed by atoms with Gasteiger partial charge in [-0.3, -0.25) is 4.79 Å². The Morgan fingerprint density at radius 3 is 2.52 bits per heavy atom. The van der Waals surface area contributed by atoms with Crippen LogP contribution in [0.5, 0.6) is 0 Å². The lowest BCUT2D eigenvalue weighted by Gasteiger charge is -2.06. The second-order valence-corrected chi connectivity index (χ2v) is 5.47. The molecule has 21 heavy (non-hydrogen) atoms. The number of thiophene rings is 1. The fourth-order valence-electron chi connectivity index (χ4n) is 1.99. The molecule has 0 radical (unpaired) electrons. The van der Waals surface area contributed by atoms with Crippen molar-refractivity contribution < 1.29 is 9.18 Å². The number of hydrogen-bond acceptors (Lipinski definition) is 2. The molecule has 3 rings (SSSR count). The van der Waals surface area contributed by atoms with E-state index in [1.165, 1.54) is 24.3 Å². The predicted octanol–water partition coefficient (Wildman–Crippen LogP) is 4.81. The number of anilines is 1. The largest absolute Gasteiger partial charge is 0.322 e. The Morgan fingerprint density at radius 2 is 1.81 bits per heavy atom. The SMILES string of the molecule is O=C(Nc1ccc(F)cc1)c1cccc(-c2cccs2)c1. The Hall–Kier alpha value is -2.46. The monoisotopic (exact) mass is 297 g/mol. The second-order valence-electron chi connectivity index (χ2n) is 4.52. The number of carbonyl (C=O) groups excluding carboxylic acids is 1. The summed E-state index contributed by atoms with van der Waals surface area (Å²) in [5.74, 6) is -0.535. The van der Waals surface area contributed by atoms with Crippen molar-refractivity contribution in [3.63, 3.8) is 0 Å². The standard InChI is InChI=1S/C17H12FNOS/c18-14-6-8-15(9-7-14)19-17(20)13-4-1-3-12(11-13)16-5-2-10-21-16/h1-11H,(H,19,20). The van der Waals surface area contributed by atoms with Crippen molar-refractivity contribution in [2.45, 2.75) is 0 Å². The summed E-state index contributed by atoms with van der Waals surface area (Å²) in [6, 6.07) is 17.1. The summed E-state index contributed by atoms with van der Waals surface area (Å²) in [5.41, 5.74) is 2.16. The predicted molar refractivity (Wildman–Crippen MR) is 84.1 cm³/mol. The van der Waals surface area contributed by atoms with Crippen LogP contribution in [0.3, 0.4) is 0 Å². The second kappa shape index (κ2) is 5.89. The van der Waals surface area contributed by atoms with Gasteiger partial charge in [-0.15, -0.1) is 11.3 Å². The van der Waals surface area contributed by atoms with Gasteiger partial charge in [0.1, 0.15) is 5.82 Å². The summed E-state index contributed by atoms with van der Waals surface area (Å²) in [6.45, 7) is 0. The molecule has 0 aliphatic heterocycles. The average Bonchev–Trinajstić information content (AvgIpc) is 3.04. The molecule has 1 aromatic heterocycles. The third-order valence-electron chi connectivity index (χ3n) is 3.03. The summed E-state index contributed by atoms with van der Waals surface area (Å²) < 4.78 is 12.8. The molecule has 1 N–H and O–H groups in total. The quantitative estimate of drug-likeness (QED) is 0.738. The number of benzene rings is 2. The fraction of sp³-hybridized carbons (Fsp3) is 0. The minimum atomic E-state index is -0.326. The Morgan fingerprint density at radius 1 is 1.00 bits per heavy atom. The minimum Gasteiger partial charge on any atom is -0.322 e. The van der Waals surface area contributed by atoms with Gasteiger partial charge in [-0.25, -0.2) is 4.39 Å². The Bertz CT molecular complexity index is 751. The smallest absolute Gasteiger partial charge is 0.255 e. The van der Waals surface area contributed by atoms with Crippen LogP contribution in [0.2, 0.25) is 0 Å². The molecular weight excluding hydrogens is 285 g/mol. The fourth-order valence-corrected chi connectivity index (χ4v) is 2.72. The highest BCUT2D eigenvalue weighted by Crippen LogP contribution is 2.25. The highest BCUT2D eigenvalue weighted by atomic mass is 32.1. The molecule has 0 spiro atoms. The molecule has 1 heterocycles. The average molecular weight is 297 g/mol. The number of hydrogen-bond donors (Lipinski definition) is 1. The van der Waals surface area contributed by atoms with Gasteiger partial charge in [0.05, 0.1) is 0 Å². The number of nitrogens with one attached hydrogen (secondary N) is 1. The maximum atomic E-state index is 12.8. The van der Waals surface area contributed by atoms with E-state index in [0.717, 1.165) is 10.4 Å². The first-order valence-electron chi connectivity index (χ1n) is 6.43. The van der Waals surface area contributed by atoms with Crippen molar-refractivity contribution >= 4 is 22.9 Å². The highest BCUT2D eigenvalue weighted by molar-refractivity contribution is 7.13. The number of carbonyl (C=O) groups is 1. The van der Waals surface area contributed by atoms with Crippen LogP contribution >= 0.6 is 11.3 Å².